The molecule has 20 heteroatoms. The van der Waals surface area contributed by atoms with Gasteiger partial charge in [-0.25, -0.2) is 19.0 Å². The molecule has 2 atom stereocenters. The van der Waals surface area contributed by atoms with Crippen LogP contribution in [0.15, 0.2) is 98.1 Å². The van der Waals surface area contributed by atoms with Gasteiger partial charge in [0.2, 0.25) is 11.2 Å². The van der Waals surface area contributed by atoms with Gasteiger partial charge in [-0.05, 0) is 92.2 Å². The van der Waals surface area contributed by atoms with E-state index in [1.165, 1.54) is 0 Å². The summed E-state index contributed by atoms with van der Waals surface area (Å²) in [6.45, 7) is 4.04. The lowest BCUT2D eigenvalue weighted by Gasteiger charge is -2.25. The summed E-state index contributed by atoms with van der Waals surface area (Å²) >= 11 is 5.92. The van der Waals surface area contributed by atoms with Crippen molar-refractivity contribution in [1.29, 1.82) is 0 Å². The molecule has 5 N–H and O–H groups in total. The van der Waals surface area contributed by atoms with Crippen LogP contribution in [0.5, 0.6) is 17.2 Å². The number of aliphatic hydroxyl groups excluding tert-OH is 2. The molecule has 0 saturated carbocycles. The fourth-order valence-corrected chi connectivity index (χ4v) is 8.13. The molecule has 2 saturated heterocycles. The van der Waals surface area contributed by atoms with Crippen molar-refractivity contribution in [2.45, 2.75) is 44.7 Å². The van der Waals surface area contributed by atoms with E-state index in [1.807, 2.05) is 95.3 Å². The van der Waals surface area contributed by atoms with Crippen LogP contribution in [0.2, 0.25) is 5.28 Å². The number of hydrogen-bond acceptors (Lipinski definition) is 15. The SMILES string of the molecule is COc1cc(-n2cnc(Nc3nc(N4CCC[C@H]4CO)c4cccn4n3)c2)ccc1C.COc1ccc(-n2cnc(N)c2)cc1OC.OC[C@@H]1CCCN1c1nc(Cl)nn2cccc12. The van der Waals surface area contributed by atoms with Crippen LogP contribution in [0.1, 0.15) is 31.2 Å². The number of anilines is 5. The molecule has 8 aromatic rings. The van der Waals surface area contributed by atoms with E-state index < -0.39 is 0 Å². The van der Waals surface area contributed by atoms with Gasteiger partial charge in [-0.2, -0.15) is 9.97 Å². The largest absolute Gasteiger partial charge is 0.496 e. The molecule has 8 heterocycles. The number of nitrogens with zero attached hydrogens (tertiary/aromatic N) is 12. The minimum atomic E-state index is 0.0807. The number of nitrogens with one attached hydrogen (secondary N) is 1. The van der Waals surface area contributed by atoms with E-state index in [2.05, 4.69) is 40.3 Å². The van der Waals surface area contributed by atoms with Crippen molar-refractivity contribution >= 4 is 51.9 Å². The smallest absolute Gasteiger partial charge is 0.248 e. The summed E-state index contributed by atoms with van der Waals surface area (Å²) in [5.41, 5.74) is 10.3. The molecule has 64 heavy (non-hydrogen) atoms. The molecule has 0 radical (unpaired) electrons. The van der Waals surface area contributed by atoms with Crippen LogP contribution in [0.25, 0.3) is 22.4 Å². The van der Waals surface area contributed by atoms with Crippen molar-refractivity contribution in [3.8, 4) is 28.6 Å². The maximum atomic E-state index is 9.76. The van der Waals surface area contributed by atoms with Crippen molar-refractivity contribution in [3.63, 3.8) is 0 Å². The second-order valence-electron chi connectivity index (χ2n) is 15.2. The van der Waals surface area contributed by atoms with Crippen molar-refractivity contribution < 1.29 is 24.4 Å². The second-order valence-corrected chi connectivity index (χ2v) is 15.5. The Labute approximate surface area is 374 Å². The highest BCUT2D eigenvalue weighted by atomic mass is 35.5. The van der Waals surface area contributed by atoms with Gasteiger partial charge in [0, 0.05) is 37.6 Å². The zero-order valence-corrected chi connectivity index (χ0v) is 36.7. The first-order chi connectivity index (χ1) is 31.2. The van der Waals surface area contributed by atoms with Crippen LogP contribution < -0.4 is 35.1 Å². The minimum Gasteiger partial charge on any atom is -0.496 e. The number of aliphatic hydroxyl groups is 2. The van der Waals surface area contributed by atoms with Gasteiger partial charge in [0.15, 0.2) is 29.0 Å². The molecular weight excluding hydrogens is 840 g/mol. The molecule has 6 aromatic heterocycles. The standard InChI is InChI=1S/C22H25N7O2.C11H13ClN4O.C11H13N3O2/c1-15-7-8-16(11-19(15)31-2)27-12-20(23-14-27)24-22-25-21(18-6-4-10-29(18)26-22)28-9-3-5-17(28)13-30;12-11-13-10(9-4-2-6-16(9)14-11)15-5-1-3-8(15)7-17;1-15-9-4-3-8(5-10(9)16-2)14-6-11(12)13-7-14/h4,6-8,10-12,14,17,30H,3,5,9,13H2,1-2H3,(H,24,26);2,4,6,8,17H,1,3,5,7H2;3-7H,12H2,1-2H3/t17-;8-;/m00./s1. The molecular formula is C44H51ClN14O5. The lowest BCUT2D eigenvalue weighted by Crippen LogP contribution is -2.33. The van der Waals surface area contributed by atoms with Crippen LogP contribution in [0.3, 0.4) is 0 Å². The van der Waals surface area contributed by atoms with E-state index in [-0.39, 0.29) is 30.6 Å². The number of aromatic nitrogens is 10. The Kier molecular flexibility index (Phi) is 13.3. The van der Waals surface area contributed by atoms with Gasteiger partial charge in [-0.3, -0.25) is 0 Å². The summed E-state index contributed by atoms with van der Waals surface area (Å²) in [6.07, 6.45) is 14.8. The maximum Gasteiger partial charge on any atom is 0.248 e. The molecule has 334 valence electrons. The first kappa shape index (κ1) is 43.6. The number of imidazole rings is 2. The number of hydrogen-bond donors (Lipinski definition) is 4. The third-order valence-electron chi connectivity index (χ3n) is 11.2. The molecule has 0 aliphatic carbocycles. The lowest BCUT2D eigenvalue weighted by molar-refractivity contribution is 0.266. The van der Waals surface area contributed by atoms with Gasteiger partial charge in [0.05, 0.1) is 70.4 Å². The summed E-state index contributed by atoms with van der Waals surface area (Å²) in [5, 5.41) is 31.2. The fraction of sp³-hybridized carbons (Fsp3) is 0.318. The zero-order valence-electron chi connectivity index (χ0n) is 36.0. The van der Waals surface area contributed by atoms with Crippen LogP contribution in [0, 0.1) is 6.92 Å². The molecule has 19 nitrogen and oxygen atoms in total. The van der Waals surface area contributed by atoms with E-state index in [0.29, 0.717) is 29.1 Å². The van der Waals surface area contributed by atoms with Crippen LogP contribution in [-0.2, 0) is 0 Å². The van der Waals surface area contributed by atoms with Crippen LogP contribution >= 0.6 is 11.6 Å². The molecule has 0 amide bonds. The predicted octanol–water partition coefficient (Wildman–Crippen LogP) is 5.75. The third kappa shape index (κ3) is 9.31. The number of ether oxygens (including phenoxy) is 3. The van der Waals surface area contributed by atoms with Crippen LogP contribution in [-0.4, -0.2) is 118 Å². The highest BCUT2D eigenvalue weighted by molar-refractivity contribution is 6.28. The van der Waals surface area contributed by atoms with Gasteiger partial charge in [0.25, 0.3) is 0 Å². The lowest BCUT2D eigenvalue weighted by atomic mass is 10.2. The van der Waals surface area contributed by atoms with Crippen molar-refractivity contribution in [1.82, 2.24) is 48.3 Å². The molecule has 2 fully saturated rings. The minimum absolute atomic E-state index is 0.0807. The van der Waals surface area contributed by atoms with Gasteiger partial charge in [-0.15, -0.1) is 10.2 Å². The Morgan fingerprint density at radius 1 is 0.719 bits per heavy atom. The third-order valence-corrected chi connectivity index (χ3v) is 11.4. The molecule has 2 aliphatic rings. The summed E-state index contributed by atoms with van der Waals surface area (Å²) < 4.78 is 23.1. The quantitative estimate of drug-likeness (QED) is 0.122. The summed E-state index contributed by atoms with van der Waals surface area (Å²) in [5.74, 6) is 5.40. The first-order valence-corrected chi connectivity index (χ1v) is 21.2. The van der Waals surface area contributed by atoms with Gasteiger partial charge in [0.1, 0.15) is 35.3 Å². The highest BCUT2D eigenvalue weighted by Crippen LogP contribution is 2.32. The van der Waals surface area contributed by atoms with Gasteiger partial charge >= 0.3 is 0 Å². The normalized spacial score (nSPS) is 15.8. The molecule has 2 aromatic carbocycles. The van der Waals surface area contributed by atoms with E-state index >= 15 is 0 Å². The molecule has 10 rings (SSSR count). The number of halogens is 1. The number of benzene rings is 2. The first-order valence-electron chi connectivity index (χ1n) is 20.8. The highest BCUT2D eigenvalue weighted by Gasteiger charge is 2.28. The summed E-state index contributed by atoms with van der Waals surface area (Å²) in [6, 6.07) is 19.6. The van der Waals surface area contributed by atoms with Gasteiger partial charge in [-0.1, -0.05) is 6.07 Å². The summed E-state index contributed by atoms with van der Waals surface area (Å²) in [4.78, 5) is 21.8. The Morgan fingerprint density at radius 2 is 1.30 bits per heavy atom. The average molecular weight is 891 g/mol. The van der Waals surface area contributed by atoms with Crippen molar-refractivity contribution in [3.05, 3.63) is 109 Å². The van der Waals surface area contributed by atoms with E-state index in [4.69, 9.17) is 36.5 Å². The number of aryl methyl sites for hydroxylation is 1. The number of rotatable bonds is 11. The van der Waals surface area contributed by atoms with Crippen LogP contribution in [0.4, 0.5) is 29.2 Å². The maximum absolute atomic E-state index is 9.76. The summed E-state index contributed by atoms with van der Waals surface area (Å²) in [7, 11) is 4.87. The second kappa shape index (κ2) is 19.5. The topological polar surface area (TPSA) is 209 Å². The monoisotopic (exact) mass is 890 g/mol. The molecule has 2 aliphatic heterocycles. The van der Waals surface area contributed by atoms with E-state index in [0.717, 1.165) is 84.1 Å². The Balaban J connectivity index is 0.000000144. The number of methoxy groups -OCH3 is 3. The predicted molar refractivity (Wildman–Crippen MR) is 245 cm³/mol. The van der Waals surface area contributed by atoms with Crippen molar-refractivity contribution in [2.75, 3.05) is 68.5 Å². The Bertz CT molecular complexity index is 2820. The van der Waals surface area contributed by atoms with E-state index in [9.17, 15) is 10.2 Å². The number of nitrogen functional groups attached to an aromatic ring is 1. The average Bonchev–Trinajstić information content (AvgIpc) is 4.18. The fourth-order valence-electron chi connectivity index (χ4n) is 7.97. The van der Waals surface area contributed by atoms with E-state index in [1.54, 1.807) is 49.2 Å². The molecule has 0 spiro atoms. The van der Waals surface area contributed by atoms with Crippen molar-refractivity contribution in [2.24, 2.45) is 0 Å². The zero-order chi connectivity index (χ0) is 44.7. The molecule has 0 bridgehead atoms. The molecule has 0 unspecified atom stereocenters. The Morgan fingerprint density at radius 3 is 1.91 bits per heavy atom. The Hall–Kier alpha value is -7.09. The number of nitrogens with two attached hydrogens (primary N) is 1. The van der Waals surface area contributed by atoms with Gasteiger partial charge < -0.3 is 54.4 Å². The number of fused-ring (bicyclic) bond motifs is 2.